The zero-order valence-electron chi connectivity index (χ0n) is 10.4. The molecule has 102 valence electrons. The fourth-order valence-corrected chi connectivity index (χ4v) is 3.35. The van der Waals surface area contributed by atoms with Crippen molar-refractivity contribution in [2.75, 3.05) is 11.9 Å². The van der Waals surface area contributed by atoms with Gasteiger partial charge in [-0.25, -0.2) is 9.78 Å². The van der Waals surface area contributed by atoms with Crippen LogP contribution in [0.25, 0.3) is 0 Å². The van der Waals surface area contributed by atoms with Gasteiger partial charge in [0.15, 0.2) is 5.13 Å². The third-order valence-electron chi connectivity index (χ3n) is 3.36. The lowest BCUT2D eigenvalue weighted by molar-refractivity contribution is -0.137. The van der Waals surface area contributed by atoms with Crippen molar-refractivity contribution in [1.29, 1.82) is 0 Å². The maximum absolute atomic E-state index is 12.1. The van der Waals surface area contributed by atoms with Crippen molar-refractivity contribution in [3.8, 4) is 0 Å². The van der Waals surface area contributed by atoms with E-state index in [0.717, 1.165) is 37.8 Å². The topological polar surface area (TPSA) is 82.5 Å². The van der Waals surface area contributed by atoms with Crippen molar-refractivity contribution in [3.63, 3.8) is 0 Å². The molecule has 2 N–H and O–H groups in total. The summed E-state index contributed by atoms with van der Waals surface area (Å²) in [6.45, 7) is -0.248. The van der Waals surface area contributed by atoms with Crippen LogP contribution in [0.3, 0.4) is 0 Å². The second-order valence-corrected chi connectivity index (χ2v) is 6.01. The van der Waals surface area contributed by atoms with Crippen molar-refractivity contribution >= 4 is 28.5 Å². The van der Waals surface area contributed by atoms with Gasteiger partial charge in [-0.2, -0.15) is 0 Å². The van der Waals surface area contributed by atoms with Crippen LogP contribution in [0.4, 0.5) is 9.93 Å². The number of urea groups is 1. The highest BCUT2D eigenvalue weighted by molar-refractivity contribution is 7.15. The molecule has 3 rings (SSSR count). The molecule has 1 fully saturated rings. The van der Waals surface area contributed by atoms with Gasteiger partial charge >= 0.3 is 12.0 Å². The van der Waals surface area contributed by atoms with Gasteiger partial charge < -0.3 is 10.0 Å². The first-order chi connectivity index (χ1) is 9.13. The molecule has 2 aliphatic carbocycles. The lowest BCUT2D eigenvalue weighted by Crippen LogP contribution is -2.40. The Kier molecular flexibility index (Phi) is 3.14. The van der Waals surface area contributed by atoms with Crippen LogP contribution in [0.15, 0.2) is 0 Å². The number of aliphatic carboxylic acids is 1. The van der Waals surface area contributed by atoms with E-state index in [0.29, 0.717) is 5.13 Å². The highest BCUT2D eigenvalue weighted by atomic mass is 32.1. The second-order valence-electron chi connectivity index (χ2n) is 4.93. The average molecular weight is 281 g/mol. The van der Waals surface area contributed by atoms with E-state index in [-0.39, 0.29) is 18.6 Å². The van der Waals surface area contributed by atoms with Crippen LogP contribution < -0.4 is 5.32 Å². The Balaban J connectivity index is 1.66. The first-order valence-electron chi connectivity index (χ1n) is 6.41. The minimum Gasteiger partial charge on any atom is -0.480 e. The summed E-state index contributed by atoms with van der Waals surface area (Å²) >= 11 is 1.50. The number of nitrogens with zero attached hydrogens (tertiary/aromatic N) is 2. The van der Waals surface area contributed by atoms with Gasteiger partial charge in [0, 0.05) is 10.9 Å². The third-order valence-corrected chi connectivity index (χ3v) is 4.44. The molecule has 19 heavy (non-hydrogen) atoms. The van der Waals surface area contributed by atoms with Gasteiger partial charge in [0.05, 0.1) is 5.69 Å². The highest BCUT2D eigenvalue weighted by Crippen LogP contribution is 2.31. The number of hydrogen-bond acceptors (Lipinski definition) is 4. The first kappa shape index (κ1) is 12.4. The Labute approximate surface area is 114 Å². The monoisotopic (exact) mass is 281 g/mol. The van der Waals surface area contributed by atoms with Crippen LogP contribution in [-0.2, 0) is 17.6 Å². The van der Waals surface area contributed by atoms with E-state index in [1.165, 1.54) is 21.1 Å². The van der Waals surface area contributed by atoms with E-state index in [2.05, 4.69) is 10.3 Å². The van der Waals surface area contributed by atoms with Crippen LogP contribution in [-0.4, -0.2) is 39.6 Å². The molecule has 6 nitrogen and oxygen atoms in total. The van der Waals surface area contributed by atoms with E-state index >= 15 is 0 Å². The molecule has 0 radical (unpaired) electrons. The van der Waals surface area contributed by atoms with Crippen molar-refractivity contribution < 1.29 is 14.7 Å². The quantitative estimate of drug-likeness (QED) is 0.880. The Bertz CT molecular complexity index is 503. The summed E-state index contributed by atoms with van der Waals surface area (Å²) in [6.07, 6.45) is 4.91. The van der Waals surface area contributed by atoms with Gasteiger partial charge in [-0.05, 0) is 32.1 Å². The van der Waals surface area contributed by atoms with Crippen molar-refractivity contribution in [2.45, 2.75) is 38.1 Å². The summed E-state index contributed by atoms with van der Waals surface area (Å²) in [5.41, 5.74) is 1.08. The predicted octanol–water partition coefficient (Wildman–Crippen LogP) is 1.71. The molecular weight excluding hydrogens is 266 g/mol. The number of carbonyl (C=O) groups excluding carboxylic acids is 1. The number of thiazole rings is 1. The molecule has 1 heterocycles. The zero-order valence-corrected chi connectivity index (χ0v) is 11.2. The first-order valence-corrected chi connectivity index (χ1v) is 7.23. The van der Waals surface area contributed by atoms with Crippen molar-refractivity contribution in [3.05, 3.63) is 10.6 Å². The van der Waals surface area contributed by atoms with E-state index < -0.39 is 5.97 Å². The summed E-state index contributed by atoms with van der Waals surface area (Å²) < 4.78 is 0. The number of aryl methyl sites for hydroxylation is 2. The van der Waals surface area contributed by atoms with E-state index in [9.17, 15) is 9.59 Å². The number of rotatable bonds is 4. The molecule has 7 heteroatoms. The van der Waals surface area contributed by atoms with E-state index in [1.807, 2.05) is 0 Å². The minimum atomic E-state index is -0.983. The fraction of sp³-hybridized carbons (Fsp3) is 0.583. The maximum atomic E-state index is 12.1. The van der Waals surface area contributed by atoms with Gasteiger partial charge in [0.2, 0.25) is 0 Å². The molecular formula is C12H15N3O3S. The number of fused-ring (bicyclic) bond motifs is 1. The second kappa shape index (κ2) is 4.80. The molecule has 1 aromatic rings. The normalized spacial score (nSPS) is 17.1. The van der Waals surface area contributed by atoms with Crippen LogP contribution in [0.5, 0.6) is 0 Å². The number of amides is 2. The SMILES string of the molecule is O=C(O)CN(C(=O)Nc1nc2c(s1)CCC2)C1CC1. The molecule has 0 spiro atoms. The largest absolute Gasteiger partial charge is 0.480 e. The minimum absolute atomic E-state index is 0.0721. The number of carboxylic acid groups (broad SMARTS) is 1. The maximum Gasteiger partial charge on any atom is 0.324 e. The fourth-order valence-electron chi connectivity index (χ4n) is 2.31. The van der Waals surface area contributed by atoms with Crippen LogP contribution in [0, 0.1) is 0 Å². The number of anilines is 1. The lowest BCUT2D eigenvalue weighted by atomic mass is 10.4. The number of carbonyl (C=O) groups is 2. The molecule has 2 aliphatic rings. The van der Waals surface area contributed by atoms with Gasteiger partial charge in [-0.15, -0.1) is 11.3 Å². The summed E-state index contributed by atoms with van der Waals surface area (Å²) in [5.74, 6) is -0.983. The number of nitrogens with one attached hydrogen (secondary N) is 1. The Morgan fingerprint density at radius 1 is 1.42 bits per heavy atom. The Morgan fingerprint density at radius 2 is 2.21 bits per heavy atom. The van der Waals surface area contributed by atoms with Crippen LogP contribution in [0.2, 0.25) is 0 Å². The number of hydrogen-bond donors (Lipinski definition) is 2. The van der Waals surface area contributed by atoms with Gasteiger partial charge in [0.25, 0.3) is 0 Å². The van der Waals surface area contributed by atoms with Crippen molar-refractivity contribution in [2.24, 2.45) is 0 Å². The molecule has 2 amide bonds. The molecule has 0 atom stereocenters. The third kappa shape index (κ3) is 2.70. The van der Waals surface area contributed by atoms with E-state index in [1.54, 1.807) is 0 Å². The molecule has 0 bridgehead atoms. The number of carboxylic acids is 1. The Morgan fingerprint density at radius 3 is 2.84 bits per heavy atom. The molecule has 0 unspecified atom stereocenters. The summed E-state index contributed by atoms with van der Waals surface area (Å²) in [6, 6.07) is -0.278. The summed E-state index contributed by atoms with van der Waals surface area (Å²) in [4.78, 5) is 29.9. The standard InChI is InChI=1S/C12H15N3O3S/c16-10(17)6-15(7-4-5-7)12(18)14-11-13-8-2-1-3-9(8)19-11/h7H,1-6H2,(H,16,17)(H,13,14,18). The summed E-state index contributed by atoms with van der Waals surface area (Å²) in [7, 11) is 0. The highest BCUT2D eigenvalue weighted by Gasteiger charge is 2.34. The van der Waals surface area contributed by atoms with Gasteiger partial charge in [-0.1, -0.05) is 0 Å². The van der Waals surface area contributed by atoms with Crippen LogP contribution >= 0.6 is 11.3 Å². The molecule has 0 aromatic carbocycles. The number of aromatic nitrogens is 1. The lowest BCUT2D eigenvalue weighted by Gasteiger charge is -2.19. The molecule has 1 saturated carbocycles. The van der Waals surface area contributed by atoms with Crippen molar-refractivity contribution in [1.82, 2.24) is 9.88 Å². The predicted molar refractivity (Wildman–Crippen MR) is 70.5 cm³/mol. The molecule has 0 aliphatic heterocycles. The zero-order chi connectivity index (χ0) is 13.4. The average Bonchev–Trinajstić information content (AvgIpc) is 2.97. The smallest absolute Gasteiger partial charge is 0.324 e. The molecule has 1 aromatic heterocycles. The Hall–Kier alpha value is -1.63. The summed E-state index contributed by atoms with van der Waals surface area (Å²) in [5, 5.41) is 12.2. The molecule has 0 saturated heterocycles. The van der Waals surface area contributed by atoms with Gasteiger partial charge in [-0.3, -0.25) is 10.1 Å². The van der Waals surface area contributed by atoms with E-state index in [4.69, 9.17) is 5.11 Å². The van der Waals surface area contributed by atoms with Gasteiger partial charge in [0.1, 0.15) is 6.54 Å². The van der Waals surface area contributed by atoms with Crippen LogP contribution in [0.1, 0.15) is 29.8 Å².